The predicted molar refractivity (Wildman–Crippen MR) is 81.9 cm³/mol. The van der Waals surface area contributed by atoms with Gasteiger partial charge in [-0.1, -0.05) is 51.3 Å². The fourth-order valence-electron chi connectivity index (χ4n) is 1.61. The van der Waals surface area contributed by atoms with Crippen LogP contribution in [-0.2, 0) is 6.61 Å². The number of carbonyl (C=O) groups is 1. The van der Waals surface area contributed by atoms with Crippen molar-refractivity contribution in [3.05, 3.63) is 62.0 Å². The molecule has 0 aromatic heterocycles. The van der Waals surface area contributed by atoms with Crippen LogP contribution in [0.25, 0.3) is 0 Å². The third kappa shape index (κ3) is 3.45. The highest BCUT2D eigenvalue weighted by Crippen LogP contribution is 2.28. The Bertz CT molecular complexity index is 659. The van der Waals surface area contributed by atoms with Gasteiger partial charge in [0.15, 0.2) is 0 Å². The maximum atomic E-state index is 11.2. The van der Waals surface area contributed by atoms with Crippen molar-refractivity contribution in [2.24, 2.45) is 0 Å². The summed E-state index contributed by atoms with van der Waals surface area (Å²) in [6.45, 7) is 0.140. The molecule has 0 heterocycles. The first-order valence-electron chi connectivity index (χ1n) is 5.57. The molecule has 0 aliphatic heterocycles. The molecule has 2 aromatic rings. The first-order valence-corrected chi connectivity index (χ1v) is 7.12. The summed E-state index contributed by atoms with van der Waals surface area (Å²) >= 11 is 15.2. The second kappa shape index (κ2) is 6.48. The van der Waals surface area contributed by atoms with Crippen LogP contribution in [-0.4, -0.2) is 11.1 Å². The molecule has 2 aromatic carbocycles. The molecule has 104 valence electrons. The Morgan fingerprint density at radius 2 is 2.00 bits per heavy atom. The van der Waals surface area contributed by atoms with E-state index < -0.39 is 5.97 Å². The molecule has 0 spiro atoms. The predicted octanol–water partition coefficient (Wildman–Crippen LogP) is 5.03. The van der Waals surface area contributed by atoms with Crippen molar-refractivity contribution in [2.45, 2.75) is 6.61 Å². The van der Waals surface area contributed by atoms with Crippen LogP contribution in [0.2, 0.25) is 10.0 Å². The van der Waals surface area contributed by atoms with Gasteiger partial charge in [-0.3, -0.25) is 0 Å². The Hall–Kier alpha value is -1.23. The van der Waals surface area contributed by atoms with Crippen molar-refractivity contribution in [2.75, 3.05) is 0 Å². The molecule has 1 N–H and O–H groups in total. The Balaban J connectivity index is 2.23. The molecule has 6 heteroatoms. The average Bonchev–Trinajstić information content (AvgIpc) is 2.41. The number of hydrogen-bond acceptors (Lipinski definition) is 2. The van der Waals surface area contributed by atoms with E-state index in [1.807, 2.05) is 0 Å². The van der Waals surface area contributed by atoms with Crippen LogP contribution in [0.4, 0.5) is 0 Å². The van der Waals surface area contributed by atoms with Crippen LogP contribution in [0, 0.1) is 0 Å². The van der Waals surface area contributed by atoms with Gasteiger partial charge < -0.3 is 9.84 Å². The molecule has 0 aliphatic carbocycles. The summed E-state index contributed by atoms with van der Waals surface area (Å²) in [5.74, 6) is -0.782. The zero-order valence-corrected chi connectivity index (χ0v) is 13.2. The van der Waals surface area contributed by atoms with E-state index in [9.17, 15) is 4.79 Å². The van der Waals surface area contributed by atoms with Gasteiger partial charge in [-0.25, -0.2) is 4.79 Å². The number of aromatic carboxylic acids is 1. The Kier molecular flexibility index (Phi) is 4.91. The van der Waals surface area contributed by atoms with Gasteiger partial charge in [0.2, 0.25) is 0 Å². The van der Waals surface area contributed by atoms with Gasteiger partial charge in [0.1, 0.15) is 17.9 Å². The minimum absolute atomic E-state index is 0.0810. The monoisotopic (exact) mass is 374 g/mol. The lowest BCUT2D eigenvalue weighted by molar-refractivity contribution is 0.0691. The van der Waals surface area contributed by atoms with Crippen molar-refractivity contribution < 1.29 is 14.6 Å². The molecular weight excluding hydrogens is 367 g/mol. The third-order valence-corrected chi connectivity index (χ3v) is 3.94. The minimum atomic E-state index is -1.06. The summed E-state index contributed by atoms with van der Waals surface area (Å²) in [6.07, 6.45) is 0. The number of ether oxygens (including phenoxy) is 1. The largest absolute Gasteiger partial charge is 0.488 e. The molecule has 0 fully saturated rings. The maximum absolute atomic E-state index is 11.2. The molecule has 0 saturated carbocycles. The lowest BCUT2D eigenvalue weighted by Gasteiger charge is -2.11. The van der Waals surface area contributed by atoms with Crippen LogP contribution < -0.4 is 4.74 Å². The topological polar surface area (TPSA) is 46.5 Å². The summed E-state index contributed by atoms with van der Waals surface area (Å²) in [4.78, 5) is 11.2. The van der Waals surface area contributed by atoms with Crippen LogP contribution in [0.5, 0.6) is 5.75 Å². The fourth-order valence-corrected chi connectivity index (χ4v) is 2.35. The molecule has 20 heavy (non-hydrogen) atoms. The van der Waals surface area contributed by atoms with Gasteiger partial charge in [-0.2, -0.15) is 0 Å². The van der Waals surface area contributed by atoms with Gasteiger partial charge in [-0.15, -0.1) is 0 Å². The normalized spacial score (nSPS) is 10.3. The lowest BCUT2D eigenvalue weighted by atomic mass is 10.2. The van der Waals surface area contributed by atoms with E-state index in [4.69, 9.17) is 33.0 Å². The number of carboxylic acid groups (broad SMARTS) is 1. The summed E-state index contributed by atoms with van der Waals surface area (Å²) in [7, 11) is 0. The van der Waals surface area contributed by atoms with Crippen molar-refractivity contribution in [3.63, 3.8) is 0 Å². The van der Waals surface area contributed by atoms with Crippen LogP contribution in [0.15, 0.2) is 40.9 Å². The van der Waals surface area contributed by atoms with Gasteiger partial charge in [0.25, 0.3) is 0 Å². The van der Waals surface area contributed by atoms with Crippen molar-refractivity contribution in [3.8, 4) is 5.75 Å². The highest BCUT2D eigenvalue weighted by Gasteiger charge is 2.13. The van der Waals surface area contributed by atoms with Gasteiger partial charge >= 0.3 is 5.97 Å². The SMILES string of the molecule is O=C(O)c1cc(Br)ccc1OCc1cccc(Cl)c1Cl. The first kappa shape index (κ1) is 15.2. The molecule has 0 bridgehead atoms. The van der Waals surface area contributed by atoms with E-state index in [1.54, 1.807) is 30.3 Å². The van der Waals surface area contributed by atoms with E-state index in [0.29, 0.717) is 20.1 Å². The number of rotatable bonds is 4. The van der Waals surface area contributed by atoms with Crippen molar-refractivity contribution >= 4 is 45.1 Å². The minimum Gasteiger partial charge on any atom is -0.488 e. The van der Waals surface area contributed by atoms with E-state index in [2.05, 4.69) is 15.9 Å². The number of halogens is 3. The molecule has 0 unspecified atom stereocenters. The Labute approximate surface area is 134 Å². The van der Waals surface area contributed by atoms with Gasteiger partial charge in [0.05, 0.1) is 10.0 Å². The quantitative estimate of drug-likeness (QED) is 0.814. The molecular formula is C14H9BrCl2O3. The van der Waals surface area contributed by atoms with E-state index >= 15 is 0 Å². The van der Waals surface area contributed by atoms with E-state index in [1.165, 1.54) is 6.07 Å². The molecule has 0 saturated heterocycles. The second-order valence-corrected chi connectivity index (χ2v) is 5.65. The molecule has 2 rings (SSSR count). The van der Waals surface area contributed by atoms with Crippen molar-refractivity contribution in [1.82, 2.24) is 0 Å². The lowest BCUT2D eigenvalue weighted by Crippen LogP contribution is -2.03. The van der Waals surface area contributed by atoms with Gasteiger partial charge in [0, 0.05) is 10.0 Å². The van der Waals surface area contributed by atoms with Crippen molar-refractivity contribution in [1.29, 1.82) is 0 Å². The highest BCUT2D eigenvalue weighted by atomic mass is 79.9. The van der Waals surface area contributed by atoms with Crippen LogP contribution in [0.1, 0.15) is 15.9 Å². The Morgan fingerprint density at radius 1 is 1.25 bits per heavy atom. The second-order valence-electron chi connectivity index (χ2n) is 3.95. The summed E-state index contributed by atoms with van der Waals surface area (Å²) < 4.78 is 6.20. The Morgan fingerprint density at radius 3 is 2.70 bits per heavy atom. The fraction of sp³-hybridized carbons (Fsp3) is 0.0714. The molecule has 3 nitrogen and oxygen atoms in total. The average molecular weight is 376 g/mol. The van der Waals surface area contributed by atoms with Crippen LogP contribution >= 0.6 is 39.1 Å². The van der Waals surface area contributed by atoms with Crippen LogP contribution in [0.3, 0.4) is 0 Å². The van der Waals surface area contributed by atoms with E-state index in [0.717, 1.165) is 0 Å². The van der Waals surface area contributed by atoms with Gasteiger partial charge in [-0.05, 0) is 24.3 Å². The highest BCUT2D eigenvalue weighted by molar-refractivity contribution is 9.10. The standard InChI is InChI=1S/C14H9BrCl2O3/c15-9-4-5-12(10(6-9)14(18)19)20-7-8-2-1-3-11(16)13(8)17/h1-6H,7H2,(H,18,19). The smallest absolute Gasteiger partial charge is 0.339 e. The first-order chi connectivity index (χ1) is 9.49. The number of carboxylic acids is 1. The zero-order chi connectivity index (χ0) is 14.7. The zero-order valence-electron chi connectivity index (χ0n) is 10.1. The number of benzene rings is 2. The maximum Gasteiger partial charge on any atom is 0.339 e. The number of hydrogen-bond donors (Lipinski definition) is 1. The van der Waals surface area contributed by atoms with E-state index in [-0.39, 0.29) is 17.9 Å². The molecule has 0 amide bonds. The summed E-state index contributed by atoms with van der Waals surface area (Å²) in [5.41, 5.74) is 0.774. The molecule has 0 atom stereocenters. The summed E-state index contributed by atoms with van der Waals surface area (Å²) in [6, 6.07) is 9.99. The third-order valence-electron chi connectivity index (χ3n) is 2.59. The molecule has 0 radical (unpaired) electrons. The summed E-state index contributed by atoms with van der Waals surface area (Å²) in [5, 5.41) is 9.98. The molecule has 0 aliphatic rings.